The van der Waals surface area contributed by atoms with E-state index in [1.165, 1.54) is 5.56 Å². The first-order valence-electron chi connectivity index (χ1n) is 15.0. The largest absolute Gasteiger partial charge is 0.444 e. The lowest BCUT2D eigenvalue weighted by Gasteiger charge is -2.28. The number of nitrogens with one attached hydrogen (secondary N) is 1. The molecule has 0 bridgehead atoms. The van der Waals surface area contributed by atoms with E-state index in [1.54, 1.807) is 4.90 Å². The first kappa shape index (κ1) is 28.2. The summed E-state index contributed by atoms with van der Waals surface area (Å²) in [6, 6.07) is 12.5. The zero-order chi connectivity index (χ0) is 29.8. The van der Waals surface area contributed by atoms with Crippen LogP contribution >= 0.6 is 0 Å². The fourth-order valence-corrected chi connectivity index (χ4v) is 6.21. The van der Waals surface area contributed by atoms with Crippen molar-refractivity contribution in [3.63, 3.8) is 0 Å². The van der Waals surface area contributed by atoms with Crippen molar-refractivity contribution in [1.82, 2.24) is 19.8 Å². The van der Waals surface area contributed by atoms with Gasteiger partial charge < -0.3 is 14.5 Å². The third-order valence-electron chi connectivity index (χ3n) is 8.01. The topological polar surface area (TPSA) is 100 Å². The second-order valence-corrected chi connectivity index (χ2v) is 13.6. The Kier molecular flexibility index (Phi) is 7.02. The van der Waals surface area contributed by atoms with Crippen molar-refractivity contribution in [2.75, 3.05) is 13.1 Å². The molecule has 3 aliphatic heterocycles. The molecule has 0 aliphatic carbocycles. The number of nitrogens with zero attached hydrogens (tertiary/aromatic N) is 4. The van der Waals surface area contributed by atoms with Gasteiger partial charge in [-0.15, -0.1) is 0 Å². The lowest BCUT2D eigenvalue weighted by atomic mass is 9.98. The number of aliphatic imine (C=N–C) groups is 1. The molecule has 2 amide bonds. The number of likely N-dealkylation sites (tertiary alicyclic amines) is 2. The van der Waals surface area contributed by atoms with Crippen LogP contribution in [-0.2, 0) is 15.9 Å². The number of fused-ring (bicyclic) bond motifs is 2. The van der Waals surface area contributed by atoms with Crippen LogP contribution in [0.5, 0.6) is 0 Å². The fourth-order valence-electron chi connectivity index (χ4n) is 6.21. The molecule has 3 aliphatic rings. The SMILES string of the molecule is CC(C)(C)OC(=O)N1CCC[C@H]1C1=Nc2ccc(-c3ccc4nc([C@@H]5CCCN5C(=O)OC(C)(C)C)[nH]c4c3)cc2C1. The molecule has 0 saturated carbocycles. The van der Waals surface area contributed by atoms with E-state index in [-0.39, 0.29) is 24.3 Å². The predicted octanol–water partition coefficient (Wildman–Crippen LogP) is 7.33. The Hall–Kier alpha value is -3.88. The van der Waals surface area contributed by atoms with E-state index in [0.29, 0.717) is 13.1 Å². The smallest absolute Gasteiger partial charge is 0.410 e. The molecule has 4 heterocycles. The van der Waals surface area contributed by atoms with Gasteiger partial charge in [0.05, 0.1) is 28.8 Å². The Balaban J connectivity index is 1.19. The molecule has 1 N–H and O–H groups in total. The number of aromatic amines is 1. The summed E-state index contributed by atoms with van der Waals surface area (Å²) in [7, 11) is 0. The number of aromatic nitrogens is 2. The second-order valence-electron chi connectivity index (χ2n) is 13.6. The first-order valence-corrected chi connectivity index (χ1v) is 15.0. The van der Waals surface area contributed by atoms with Gasteiger partial charge in [0.2, 0.25) is 0 Å². The lowest BCUT2D eigenvalue weighted by Crippen LogP contribution is -2.43. The average Bonchev–Trinajstić information content (AvgIpc) is 3.69. The standard InChI is InChI=1S/C33H41N5O4/c1-32(2,3)41-30(39)37-15-7-9-27(37)26-19-22-17-20(11-13-23(22)34-26)21-12-14-24-25(18-21)36-29(35-24)28-10-8-16-38(28)31(40)42-33(4,5)6/h11-14,17-18,27-28H,7-10,15-16,19H2,1-6H3,(H,35,36)/t27-,28-/m0/s1. The van der Waals surface area contributed by atoms with Crippen LogP contribution in [0.25, 0.3) is 22.2 Å². The Morgan fingerprint density at radius 2 is 1.43 bits per heavy atom. The number of benzene rings is 2. The van der Waals surface area contributed by atoms with Gasteiger partial charge in [-0.05, 0) is 108 Å². The second kappa shape index (κ2) is 10.4. The first-order chi connectivity index (χ1) is 19.8. The van der Waals surface area contributed by atoms with Crippen molar-refractivity contribution < 1.29 is 19.1 Å². The summed E-state index contributed by atoms with van der Waals surface area (Å²) in [5.41, 5.74) is 6.12. The number of H-pyrrole nitrogens is 1. The van der Waals surface area contributed by atoms with E-state index in [2.05, 4.69) is 35.3 Å². The maximum atomic E-state index is 12.9. The number of hydrogen-bond acceptors (Lipinski definition) is 6. The van der Waals surface area contributed by atoms with Crippen LogP contribution < -0.4 is 0 Å². The molecular formula is C33H41N5O4. The highest BCUT2D eigenvalue weighted by atomic mass is 16.6. The van der Waals surface area contributed by atoms with Gasteiger partial charge in [0, 0.05) is 25.2 Å². The quantitative estimate of drug-likeness (QED) is 0.355. The van der Waals surface area contributed by atoms with E-state index in [4.69, 9.17) is 19.5 Å². The van der Waals surface area contributed by atoms with Gasteiger partial charge in [-0.3, -0.25) is 14.8 Å². The summed E-state index contributed by atoms with van der Waals surface area (Å²) in [4.78, 5) is 42.6. The predicted molar refractivity (Wildman–Crippen MR) is 163 cm³/mol. The molecule has 2 fully saturated rings. The lowest BCUT2D eigenvalue weighted by molar-refractivity contribution is 0.0216. The molecule has 222 valence electrons. The molecule has 2 saturated heterocycles. The minimum Gasteiger partial charge on any atom is -0.444 e. The minimum absolute atomic E-state index is 0.0219. The van der Waals surface area contributed by atoms with Crippen LogP contribution in [0.4, 0.5) is 15.3 Å². The summed E-state index contributed by atoms with van der Waals surface area (Å²) in [5.74, 6) is 0.795. The van der Waals surface area contributed by atoms with Crippen molar-refractivity contribution in [3.05, 3.63) is 47.8 Å². The van der Waals surface area contributed by atoms with E-state index < -0.39 is 11.2 Å². The molecule has 42 heavy (non-hydrogen) atoms. The molecule has 9 heteroatoms. The van der Waals surface area contributed by atoms with Crippen LogP contribution in [0.3, 0.4) is 0 Å². The van der Waals surface area contributed by atoms with Gasteiger partial charge in [-0.25, -0.2) is 14.6 Å². The normalized spacial score (nSPS) is 20.7. The Labute approximate surface area is 247 Å². The van der Waals surface area contributed by atoms with E-state index in [1.807, 2.05) is 52.5 Å². The molecule has 6 rings (SSSR count). The van der Waals surface area contributed by atoms with Crippen LogP contribution in [-0.4, -0.2) is 68.0 Å². The fraction of sp³-hybridized carbons (Fsp3) is 0.515. The van der Waals surface area contributed by atoms with Gasteiger partial charge in [0.15, 0.2) is 0 Å². The zero-order valence-corrected chi connectivity index (χ0v) is 25.5. The summed E-state index contributed by atoms with van der Waals surface area (Å²) < 4.78 is 11.3. The maximum absolute atomic E-state index is 12.9. The minimum atomic E-state index is -0.538. The van der Waals surface area contributed by atoms with Gasteiger partial charge in [-0.1, -0.05) is 12.1 Å². The molecule has 0 spiro atoms. The maximum Gasteiger partial charge on any atom is 0.410 e. The van der Waals surface area contributed by atoms with E-state index in [9.17, 15) is 9.59 Å². The highest BCUT2D eigenvalue weighted by molar-refractivity contribution is 6.00. The summed E-state index contributed by atoms with van der Waals surface area (Å²) >= 11 is 0. The third-order valence-corrected chi connectivity index (χ3v) is 8.01. The zero-order valence-electron chi connectivity index (χ0n) is 25.5. The van der Waals surface area contributed by atoms with E-state index in [0.717, 1.165) is 71.5 Å². The van der Waals surface area contributed by atoms with Gasteiger partial charge in [0.1, 0.15) is 17.0 Å². The van der Waals surface area contributed by atoms with Crippen LogP contribution in [0.2, 0.25) is 0 Å². The highest BCUT2D eigenvalue weighted by Gasteiger charge is 2.37. The molecule has 2 aromatic carbocycles. The van der Waals surface area contributed by atoms with Crippen molar-refractivity contribution in [3.8, 4) is 11.1 Å². The monoisotopic (exact) mass is 571 g/mol. The molecule has 9 nitrogen and oxygen atoms in total. The van der Waals surface area contributed by atoms with E-state index >= 15 is 0 Å². The number of amides is 2. The Morgan fingerprint density at radius 3 is 2.10 bits per heavy atom. The van der Waals surface area contributed by atoms with Crippen molar-refractivity contribution in [2.24, 2.45) is 4.99 Å². The highest BCUT2D eigenvalue weighted by Crippen LogP contribution is 2.37. The van der Waals surface area contributed by atoms with Gasteiger partial charge in [0.25, 0.3) is 0 Å². The number of rotatable bonds is 3. The molecule has 1 aromatic heterocycles. The Bertz CT molecular complexity index is 1560. The number of imidazole rings is 1. The van der Waals surface area contributed by atoms with Crippen molar-refractivity contribution in [1.29, 1.82) is 0 Å². The van der Waals surface area contributed by atoms with Crippen molar-refractivity contribution >= 4 is 34.6 Å². The molecule has 2 atom stereocenters. The number of carbonyl (C=O) groups is 2. The van der Waals surface area contributed by atoms with Crippen LogP contribution in [0.1, 0.15) is 84.7 Å². The number of carbonyl (C=O) groups excluding carboxylic acids is 2. The third kappa shape index (κ3) is 5.74. The van der Waals surface area contributed by atoms with Crippen molar-refractivity contribution in [2.45, 2.75) is 96.9 Å². The van der Waals surface area contributed by atoms with Crippen LogP contribution in [0, 0.1) is 0 Å². The van der Waals surface area contributed by atoms with Crippen LogP contribution in [0.15, 0.2) is 41.4 Å². The average molecular weight is 572 g/mol. The number of ether oxygens (including phenoxy) is 2. The molecule has 3 aromatic rings. The molecular weight excluding hydrogens is 530 g/mol. The van der Waals surface area contributed by atoms with Gasteiger partial charge in [-0.2, -0.15) is 0 Å². The Morgan fingerprint density at radius 1 is 0.833 bits per heavy atom. The summed E-state index contributed by atoms with van der Waals surface area (Å²) in [6.07, 6.45) is 3.80. The van der Waals surface area contributed by atoms with Gasteiger partial charge >= 0.3 is 12.2 Å². The molecule has 0 radical (unpaired) electrons. The summed E-state index contributed by atoms with van der Waals surface area (Å²) in [6.45, 7) is 12.7. The molecule has 0 unspecified atom stereocenters. The number of hydrogen-bond donors (Lipinski definition) is 1. The summed E-state index contributed by atoms with van der Waals surface area (Å²) in [5, 5.41) is 0.